The second-order valence-corrected chi connectivity index (χ2v) is 8.03. The molecule has 1 N–H and O–H groups in total. The smallest absolute Gasteiger partial charge is 0.338 e. The number of benzene rings is 2. The van der Waals surface area contributed by atoms with Gasteiger partial charge in [-0.25, -0.2) is 9.59 Å². The number of rotatable bonds is 10. The molecule has 1 aliphatic rings. The van der Waals surface area contributed by atoms with Crippen molar-refractivity contribution in [3.05, 3.63) is 64.7 Å². The van der Waals surface area contributed by atoms with Gasteiger partial charge in [-0.05, 0) is 50.2 Å². The van der Waals surface area contributed by atoms with Crippen molar-refractivity contribution in [2.24, 2.45) is 4.99 Å². The Labute approximate surface area is 209 Å². The van der Waals surface area contributed by atoms with Crippen LogP contribution in [0.3, 0.4) is 0 Å². The van der Waals surface area contributed by atoms with Gasteiger partial charge in [0.1, 0.15) is 12.4 Å². The molecule has 0 spiro atoms. The van der Waals surface area contributed by atoms with Crippen LogP contribution in [0, 0.1) is 0 Å². The minimum Gasteiger partial charge on any atom is -0.465 e. The first-order valence-corrected chi connectivity index (χ1v) is 11.8. The van der Waals surface area contributed by atoms with Crippen LogP contribution in [0.2, 0.25) is 5.02 Å². The number of carbonyl (C=O) groups is 3. The number of nitrogens with zero attached hydrogens (tertiary/aromatic N) is 3. The van der Waals surface area contributed by atoms with Gasteiger partial charge in [-0.2, -0.15) is 0 Å². The Bertz CT molecular complexity index is 1070. The van der Waals surface area contributed by atoms with Crippen LogP contribution in [0.1, 0.15) is 29.8 Å². The van der Waals surface area contributed by atoms with Crippen molar-refractivity contribution in [3.8, 4) is 0 Å². The Morgan fingerprint density at radius 2 is 1.77 bits per heavy atom. The van der Waals surface area contributed by atoms with Crippen molar-refractivity contribution in [1.82, 2.24) is 9.80 Å². The van der Waals surface area contributed by atoms with Gasteiger partial charge in [0.15, 0.2) is 0 Å². The quantitative estimate of drug-likeness (QED) is 0.499. The molecule has 0 bridgehead atoms. The molecule has 0 aliphatic carbocycles. The Morgan fingerprint density at radius 3 is 2.46 bits per heavy atom. The zero-order valence-electron chi connectivity index (χ0n) is 19.8. The number of urea groups is 1. The number of amidine groups is 1. The predicted octanol–water partition coefficient (Wildman–Crippen LogP) is 3.68. The van der Waals surface area contributed by atoms with Gasteiger partial charge in [0.2, 0.25) is 0 Å². The highest BCUT2D eigenvalue weighted by Gasteiger charge is 2.24. The van der Waals surface area contributed by atoms with Gasteiger partial charge in [-0.15, -0.1) is 0 Å². The van der Waals surface area contributed by atoms with E-state index in [9.17, 15) is 14.4 Å². The topological polar surface area (TPSA) is 101 Å². The lowest BCUT2D eigenvalue weighted by atomic mass is 10.2. The molecule has 3 rings (SSSR count). The summed E-state index contributed by atoms with van der Waals surface area (Å²) in [6, 6.07) is 13.4. The molecule has 2 amide bonds. The van der Waals surface area contributed by atoms with Crippen LogP contribution >= 0.6 is 11.6 Å². The van der Waals surface area contributed by atoms with Crippen LogP contribution in [-0.2, 0) is 14.3 Å². The summed E-state index contributed by atoms with van der Waals surface area (Å²) in [6.45, 7) is 5.77. The number of amides is 2. The van der Waals surface area contributed by atoms with E-state index in [0.717, 1.165) is 11.4 Å². The number of nitrogens with one attached hydrogen (secondary N) is 1. The summed E-state index contributed by atoms with van der Waals surface area (Å²) in [6.07, 6.45) is 0. The molecule has 186 valence electrons. The lowest BCUT2D eigenvalue weighted by molar-refractivity contribution is -0.143. The van der Waals surface area contributed by atoms with Crippen LogP contribution in [-0.4, -0.2) is 79.5 Å². The highest BCUT2D eigenvalue weighted by Crippen LogP contribution is 2.20. The van der Waals surface area contributed by atoms with E-state index in [1.165, 1.54) is 4.90 Å². The van der Waals surface area contributed by atoms with E-state index in [1.807, 2.05) is 29.2 Å². The number of ether oxygens (including phenoxy) is 2. The van der Waals surface area contributed by atoms with Gasteiger partial charge in [0.05, 0.1) is 30.3 Å². The summed E-state index contributed by atoms with van der Waals surface area (Å²) in [7, 11) is 0. The molecule has 2 aromatic carbocycles. The SMILES string of the molecule is CCOC(=O)CN(CCN1CCN=C1c1ccccc1Cl)C(=O)Nc1ccc(C(=O)OCC)cc1. The molecule has 0 aromatic heterocycles. The first-order valence-electron chi connectivity index (χ1n) is 11.5. The highest BCUT2D eigenvalue weighted by molar-refractivity contribution is 6.34. The van der Waals surface area contributed by atoms with Crippen molar-refractivity contribution in [2.75, 3.05) is 51.3 Å². The maximum atomic E-state index is 13.0. The number of aliphatic imine (C=N–C) groups is 1. The van der Waals surface area contributed by atoms with Crippen LogP contribution in [0.4, 0.5) is 10.5 Å². The molecule has 35 heavy (non-hydrogen) atoms. The highest BCUT2D eigenvalue weighted by atomic mass is 35.5. The molecular weight excluding hydrogens is 472 g/mol. The fourth-order valence-corrected chi connectivity index (χ4v) is 3.78. The summed E-state index contributed by atoms with van der Waals surface area (Å²) in [5.74, 6) is -0.167. The molecule has 2 aromatic rings. The fourth-order valence-electron chi connectivity index (χ4n) is 3.56. The minimum atomic E-state index is -0.498. The van der Waals surface area contributed by atoms with Gasteiger partial charge < -0.3 is 24.6 Å². The number of hydrogen-bond acceptors (Lipinski definition) is 7. The van der Waals surface area contributed by atoms with E-state index in [2.05, 4.69) is 10.3 Å². The lowest BCUT2D eigenvalue weighted by Gasteiger charge is -2.27. The molecular formula is C25H29ClN4O5. The first kappa shape index (κ1) is 26.0. The molecule has 0 saturated carbocycles. The number of halogens is 1. The molecule has 0 saturated heterocycles. The van der Waals surface area contributed by atoms with Gasteiger partial charge in [0.25, 0.3) is 0 Å². The summed E-state index contributed by atoms with van der Waals surface area (Å²) >= 11 is 6.35. The molecule has 0 radical (unpaired) electrons. The standard InChI is InChI=1S/C25H29ClN4O5/c1-3-34-22(31)17-30(25(33)28-19-11-9-18(10-12-19)24(32)35-4-2)16-15-29-14-13-27-23(29)20-7-5-6-8-21(20)26/h5-12H,3-4,13-17H2,1-2H3,(H,28,33). The van der Waals surface area contributed by atoms with Gasteiger partial charge in [0, 0.05) is 30.9 Å². The van der Waals surface area contributed by atoms with Crippen molar-refractivity contribution in [1.29, 1.82) is 0 Å². The predicted molar refractivity (Wildman–Crippen MR) is 134 cm³/mol. The first-order chi connectivity index (χ1) is 16.9. The molecule has 0 fully saturated rings. The molecule has 9 nitrogen and oxygen atoms in total. The van der Waals surface area contributed by atoms with Crippen molar-refractivity contribution < 1.29 is 23.9 Å². The van der Waals surface area contributed by atoms with Gasteiger partial charge in [-0.1, -0.05) is 23.7 Å². The average Bonchev–Trinajstić information content (AvgIpc) is 3.31. The fraction of sp³-hybridized carbons (Fsp3) is 0.360. The summed E-state index contributed by atoms with van der Waals surface area (Å²) in [5, 5.41) is 3.37. The average molecular weight is 501 g/mol. The van der Waals surface area contributed by atoms with E-state index in [0.29, 0.717) is 35.9 Å². The zero-order valence-corrected chi connectivity index (χ0v) is 20.6. The second-order valence-electron chi connectivity index (χ2n) is 7.63. The zero-order chi connectivity index (χ0) is 25.2. The number of esters is 2. The lowest BCUT2D eigenvalue weighted by Crippen LogP contribution is -2.44. The maximum absolute atomic E-state index is 13.0. The van der Waals surface area contributed by atoms with Crippen molar-refractivity contribution in [2.45, 2.75) is 13.8 Å². The largest absolute Gasteiger partial charge is 0.465 e. The van der Waals surface area contributed by atoms with Gasteiger partial charge >= 0.3 is 18.0 Å². The normalized spacial score (nSPS) is 12.7. The second kappa shape index (κ2) is 12.8. The van der Waals surface area contributed by atoms with Crippen LogP contribution in [0.5, 0.6) is 0 Å². The van der Waals surface area contributed by atoms with Crippen LogP contribution in [0.25, 0.3) is 0 Å². The Balaban J connectivity index is 1.67. The monoisotopic (exact) mass is 500 g/mol. The number of carbonyl (C=O) groups excluding carboxylic acids is 3. The molecule has 10 heteroatoms. The Kier molecular flexibility index (Phi) is 9.48. The molecule has 1 aliphatic heterocycles. The van der Waals surface area contributed by atoms with Crippen LogP contribution in [0.15, 0.2) is 53.5 Å². The Hall–Kier alpha value is -3.59. The molecule has 0 unspecified atom stereocenters. The minimum absolute atomic E-state index is 0.201. The van der Waals surface area contributed by atoms with Crippen LogP contribution < -0.4 is 5.32 Å². The van der Waals surface area contributed by atoms with Gasteiger partial charge in [-0.3, -0.25) is 9.79 Å². The third-order valence-electron chi connectivity index (χ3n) is 5.25. The van der Waals surface area contributed by atoms with E-state index < -0.39 is 18.0 Å². The summed E-state index contributed by atoms with van der Waals surface area (Å²) in [4.78, 5) is 45.0. The summed E-state index contributed by atoms with van der Waals surface area (Å²) in [5.41, 5.74) is 1.69. The van der Waals surface area contributed by atoms with Crippen molar-refractivity contribution in [3.63, 3.8) is 0 Å². The van der Waals surface area contributed by atoms with Crippen molar-refractivity contribution >= 4 is 41.1 Å². The molecule has 1 heterocycles. The molecule has 0 atom stereocenters. The Morgan fingerprint density at radius 1 is 1.06 bits per heavy atom. The number of anilines is 1. The van der Waals surface area contributed by atoms with E-state index in [1.54, 1.807) is 38.1 Å². The van der Waals surface area contributed by atoms with E-state index in [-0.39, 0.29) is 26.3 Å². The third kappa shape index (κ3) is 7.19. The number of hydrogen-bond donors (Lipinski definition) is 1. The third-order valence-corrected chi connectivity index (χ3v) is 5.58. The maximum Gasteiger partial charge on any atom is 0.338 e. The van der Waals surface area contributed by atoms with E-state index >= 15 is 0 Å². The summed E-state index contributed by atoms with van der Waals surface area (Å²) < 4.78 is 10.0. The van der Waals surface area contributed by atoms with E-state index in [4.69, 9.17) is 21.1 Å².